The van der Waals surface area contributed by atoms with E-state index >= 15 is 0 Å². The standard InChI is InChI=1S/C14H19NO3/c1-6-15-12(5)14(17)9-13(16)10(3)8-11(4)18-7-2/h6,8H,4-5,7,9H2,1-3H3/b10-8+,15-6-. The lowest BCUT2D eigenvalue weighted by Crippen LogP contribution is -2.10. The summed E-state index contributed by atoms with van der Waals surface area (Å²) in [4.78, 5) is 27.0. The Morgan fingerprint density at radius 2 is 1.89 bits per heavy atom. The normalized spacial score (nSPS) is 11.4. The highest BCUT2D eigenvalue weighted by Gasteiger charge is 2.13. The number of ketones is 2. The van der Waals surface area contributed by atoms with Gasteiger partial charge in [0.15, 0.2) is 11.6 Å². The molecule has 0 rings (SSSR count). The van der Waals surface area contributed by atoms with Crippen LogP contribution in [0.1, 0.15) is 27.2 Å². The van der Waals surface area contributed by atoms with Crippen LogP contribution >= 0.6 is 0 Å². The summed E-state index contributed by atoms with van der Waals surface area (Å²) in [6.45, 7) is 12.7. The van der Waals surface area contributed by atoms with Crippen molar-refractivity contribution in [1.82, 2.24) is 0 Å². The van der Waals surface area contributed by atoms with Crippen molar-refractivity contribution in [3.05, 3.63) is 36.3 Å². The van der Waals surface area contributed by atoms with Crippen LogP contribution in [0.25, 0.3) is 0 Å². The smallest absolute Gasteiger partial charge is 0.188 e. The first-order chi connectivity index (χ1) is 8.42. The first kappa shape index (κ1) is 16.0. The fourth-order valence-electron chi connectivity index (χ4n) is 1.16. The molecule has 0 N–H and O–H groups in total. The molecule has 0 bridgehead atoms. The quantitative estimate of drug-likeness (QED) is 0.218. The number of carbonyl (C=O) groups excluding carboxylic acids is 2. The second-order valence-corrected chi connectivity index (χ2v) is 3.58. The van der Waals surface area contributed by atoms with E-state index < -0.39 is 0 Å². The van der Waals surface area contributed by atoms with Crippen molar-refractivity contribution in [3.63, 3.8) is 0 Å². The molecule has 0 saturated carbocycles. The molecule has 0 aromatic heterocycles. The Bertz CT molecular complexity index is 417. The lowest BCUT2D eigenvalue weighted by molar-refractivity contribution is -0.123. The van der Waals surface area contributed by atoms with E-state index in [4.69, 9.17) is 4.74 Å². The van der Waals surface area contributed by atoms with Gasteiger partial charge in [-0.25, -0.2) is 0 Å². The number of nitrogens with zero attached hydrogens (tertiary/aromatic N) is 1. The number of Topliss-reactive ketones (excluding diaryl/α,β-unsaturated/α-hetero) is 2. The Kier molecular flexibility index (Phi) is 7.28. The van der Waals surface area contributed by atoms with Gasteiger partial charge in [-0.05, 0) is 32.4 Å². The number of hydrogen-bond acceptors (Lipinski definition) is 4. The average Bonchev–Trinajstić information content (AvgIpc) is 2.29. The topological polar surface area (TPSA) is 55.7 Å². The van der Waals surface area contributed by atoms with Crippen LogP contribution in [-0.4, -0.2) is 24.4 Å². The highest BCUT2D eigenvalue weighted by molar-refractivity contribution is 6.12. The molecule has 0 heterocycles. The van der Waals surface area contributed by atoms with Crippen molar-refractivity contribution in [3.8, 4) is 0 Å². The molecule has 0 saturated heterocycles. The zero-order chi connectivity index (χ0) is 14.1. The summed E-state index contributed by atoms with van der Waals surface area (Å²) in [6.07, 6.45) is 2.74. The van der Waals surface area contributed by atoms with Crippen LogP contribution in [0.3, 0.4) is 0 Å². The predicted molar refractivity (Wildman–Crippen MR) is 72.5 cm³/mol. The van der Waals surface area contributed by atoms with Crippen molar-refractivity contribution in [2.75, 3.05) is 6.61 Å². The highest BCUT2D eigenvalue weighted by Crippen LogP contribution is 2.08. The number of carbonyl (C=O) groups is 2. The Morgan fingerprint density at radius 3 is 2.39 bits per heavy atom. The Morgan fingerprint density at radius 1 is 1.28 bits per heavy atom. The summed E-state index contributed by atoms with van der Waals surface area (Å²) in [5.41, 5.74) is 0.511. The SMILES string of the molecule is C=C(/C=C(\C)C(=O)CC(=O)C(=C)/N=C\C)OCC. The molecule has 0 aromatic rings. The van der Waals surface area contributed by atoms with E-state index in [0.29, 0.717) is 17.9 Å². The number of rotatable bonds is 8. The van der Waals surface area contributed by atoms with Crippen molar-refractivity contribution in [1.29, 1.82) is 0 Å². The molecule has 18 heavy (non-hydrogen) atoms. The van der Waals surface area contributed by atoms with E-state index in [1.807, 2.05) is 6.92 Å². The Balaban J connectivity index is 4.54. The Labute approximate surface area is 108 Å². The predicted octanol–water partition coefficient (Wildman–Crippen LogP) is 2.62. The van der Waals surface area contributed by atoms with Crippen molar-refractivity contribution < 1.29 is 14.3 Å². The molecule has 0 radical (unpaired) electrons. The first-order valence-electron chi connectivity index (χ1n) is 5.66. The van der Waals surface area contributed by atoms with Gasteiger partial charge >= 0.3 is 0 Å². The monoisotopic (exact) mass is 249 g/mol. The molecule has 98 valence electrons. The van der Waals surface area contributed by atoms with Crippen molar-refractivity contribution >= 4 is 17.8 Å². The van der Waals surface area contributed by atoms with Crippen LogP contribution in [0, 0.1) is 0 Å². The third-order valence-electron chi connectivity index (χ3n) is 2.07. The molecular weight excluding hydrogens is 230 g/mol. The molecule has 0 unspecified atom stereocenters. The van der Waals surface area contributed by atoms with Gasteiger partial charge in [0, 0.05) is 6.21 Å². The highest BCUT2D eigenvalue weighted by atomic mass is 16.5. The van der Waals surface area contributed by atoms with E-state index in [-0.39, 0.29) is 23.7 Å². The fraction of sp³-hybridized carbons (Fsp3) is 0.357. The first-order valence-corrected chi connectivity index (χ1v) is 5.66. The van der Waals surface area contributed by atoms with Gasteiger partial charge in [-0.3, -0.25) is 14.6 Å². The molecule has 0 aliphatic carbocycles. The molecule has 0 amide bonds. The molecule has 4 heteroatoms. The lowest BCUT2D eigenvalue weighted by Gasteiger charge is -2.04. The molecule has 0 spiro atoms. The minimum Gasteiger partial charge on any atom is -0.495 e. The van der Waals surface area contributed by atoms with Gasteiger partial charge in [0.25, 0.3) is 0 Å². The summed E-state index contributed by atoms with van der Waals surface area (Å²) in [7, 11) is 0. The number of ether oxygens (including phenoxy) is 1. The van der Waals surface area contributed by atoms with Crippen LogP contribution < -0.4 is 0 Å². The molecule has 0 atom stereocenters. The van der Waals surface area contributed by atoms with Crippen LogP contribution in [0.15, 0.2) is 41.3 Å². The largest absolute Gasteiger partial charge is 0.495 e. The van der Waals surface area contributed by atoms with Crippen molar-refractivity contribution in [2.24, 2.45) is 4.99 Å². The molecule has 0 aliphatic rings. The van der Waals surface area contributed by atoms with Gasteiger partial charge in [0.1, 0.15) is 5.76 Å². The van der Waals surface area contributed by atoms with Gasteiger partial charge in [0.05, 0.1) is 18.7 Å². The fourth-order valence-corrected chi connectivity index (χ4v) is 1.16. The third-order valence-corrected chi connectivity index (χ3v) is 2.07. The van der Waals surface area contributed by atoms with Crippen LogP contribution in [0.2, 0.25) is 0 Å². The van der Waals surface area contributed by atoms with Crippen LogP contribution in [-0.2, 0) is 14.3 Å². The maximum atomic E-state index is 11.7. The second-order valence-electron chi connectivity index (χ2n) is 3.58. The summed E-state index contributed by atoms with van der Waals surface area (Å²) in [6, 6.07) is 0. The van der Waals surface area contributed by atoms with Gasteiger partial charge in [-0.15, -0.1) is 0 Å². The average molecular weight is 249 g/mol. The van der Waals surface area contributed by atoms with E-state index in [9.17, 15) is 9.59 Å². The van der Waals surface area contributed by atoms with E-state index in [2.05, 4.69) is 18.2 Å². The number of allylic oxidation sites excluding steroid dienone is 3. The molecular formula is C14H19NO3. The van der Waals surface area contributed by atoms with E-state index in [0.717, 1.165) is 0 Å². The number of aliphatic imine (C=N–C) groups is 1. The van der Waals surface area contributed by atoms with E-state index in [1.54, 1.807) is 13.8 Å². The zero-order valence-corrected chi connectivity index (χ0v) is 11.2. The van der Waals surface area contributed by atoms with Gasteiger partial charge in [-0.1, -0.05) is 13.2 Å². The maximum absolute atomic E-state index is 11.7. The van der Waals surface area contributed by atoms with Gasteiger partial charge in [0.2, 0.25) is 0 Å². The molecule has 0 aromatic carbocycles. The number of hydrogen-bond donors (Lipinski definition) is 0. The molecule has 4 nitrogen and oxygen atoms in total. The van der Waals surface area contributed by atoms with Crippen LogP contribution in [0.4, 0.5) is 0 Å². The minimum absolute atomic E-state index is 0.0854. The van der Waals surface area contributed by atoms with E-state index in [1.165, 1.54) is 12.3 Å². The summed E-state index contributed by atoms with van der Waals surface area (Å²) in [5.74, 6) is -0.262. The van der Waals surface area contributed by atoms with Crippen molar-refractivity contribution in [2.45, 2.75) is 27.2 Å². The summed E-state index contributed by atoms with van der Waals surface area (Å²) in [5, 5.41) is 0. The lowest BCUT2D eigenvalue weighted by atomic mass is 10.1. The second kappa shape index (κ2) is 8.17. The molecule has 0 aliphatic heterocycles. The third kappa shape index (κ3) is 5.94. The zero-order valence-electron chi connectivity index (χ0n) is 11.2. The van der Waals surface area contributed by atoms with Crippen LogP contribution in [0.5, 0.6) is 0 Å². The molecule has 0 fully saturated rings. The summed E-state index contributed by atoms with van der Waals surface area (Å²) >= 11 is 0. The van der Waals surface area contributed by atoms with Gasteiger partial charge < -0.3 is 4.74 Å². The minimum atomic E-state index is -0.382. The Hall–Kier alpha value is -1.97. The van der Waals surface area contributed by atoms with Gasteiger partial charge in [-0.2, -0.15) is 0 Å². The maximum Gasteiger partial charge on any atom is 0.188 e. The summed E-state index contributed by atoms with van der Waals surface area (Å²) < 4.78 is 5.10.